The normalized spacial score (nSPS) is 43.9. The van der Waals surface area contributed by atoms with E-state index in [1.807, 2.05) is 0 Å². The third-order valence-corrected chi connectivity index (χ3v) is 4.23. The molecule has 25 heavy (non-hydrogen) atoms. The van der Waals surface area contributed by atoms with Crippen molar-refractivity contribution in [1.82, 2.24) is 4.98 Å². The lowest BCUT2D eigenvalue weighted by Gasteiger charge is -2.21. The first-order valence-corrected chi connectivity index (χ1v) is 7.45. The minimum atomic E-state index is -3.50. The monoisotopic (exact) mass is 340 g/mol. The van der Waals surface area contributed by atoms with Gasteiger partial charge in [-0.25, -0.2) is 4.98 Å². The van der Waals surface area contributed by atoms with E-state index in [9.17, 15) is 2.74 Å². The zero-order valence-electron chi connectivity index (χ0n) is 31.4. The van der Waals surface area contributed by atoms with E-state index in [0.29, 0.717) is 0 Å². The van der Waals surface area contributed by atoms with Crippen molar-refractivity contribution in [3.63, 3.8) is 0 Å². The summed E-state index contributed by atoms with van der Waals surface area (Å²) in [6.07, 6.45) is -10.4. The Morgan fingerprint density at radius 2 is 1.60 bits per heavy atom. The molecule has 2 atom stereocenters. The highest BCUT2D eigenvalue weighted by Crippen LogP contribution is 2.57. The van der Waals surface area contributed by atoms with Gasteiger partial charge in [0.15, 0.2) is 0 Å². The summed E-state index contributed by atoms with van der Waals surface area (Å²) in [5, 5.41) is -1.65. The molecule has 4 aromatic rings. The topological polar surface area (TPSA) is 12.9 Å². The molecule has 1 heterocycles. The number of hydrogen-bond acceptors (Lipinski definition) is 1. The molecule has 0 aliphatic heterocycles. The maximum Gasteiger partial charge on any atom is 0.0790 e. The van der Waals surface area contributed by atoms with Gasteiger partial charge in [0.1, 0.15) is 0 Å². The average molecular weight is 341 g/mol. The largest absolute Gasteiger partial charge is 0.247 e. The van der Waals surface area contributed by atoms with Crippen molar-refractivity contribution in [2.75, 3.05) is 0 Å². The van der Waals surface area contributed by atoms with Crippen molar-refractivity contribution in [1.29, 1.82) is 0 Å². The van der Waals surface area contributed by atoms with Crippen LogP contribution in [0.1, 0.15) is 68.1 Å². The first-order chi connectivity index (χ1) is 20.0. The molecule has 0 N–H and O–H groups in total. The van der Waals surface area contributed by atoms with Crippen LogP contribution >= 0.6 is 0 Å². The number of pyridine rings is 1. The molecule has 0 amide bonds. The Bertz CT molecular complexity index is 2020. The minimum absolute atomic E-state index is 0.502. The van der Waals surface area contributed by atoms with Gasteiger partial charge in [-0.3, -0.25) is 0 Å². The second-order valence-electron chi connectivity index (χ2n) is 5.56. The van der Waals surface area contributed by atoms with Crippen molar-refractivity contribution in [3.05, 3.63) is 77.6 Å². The van der Waals surface area contributed by atoms with Gasteiger partial charge < -0.3 is 0 Å². The smallest absolute Gasteiger partial charge is 0.0790 e. The van der Waals surface area contributed by atoms with Crippen LogP contribution in [0.15, 0.2) is 66.5 Å². The predicted octanol–water partition coefficient (Wildman–Crippen LogP) is 6.42. The number of aromatic nitrogens is 1. The van der Waals surface area contributed by atoms with Gasteiger partial charge in [-0.05, 0) is 47.4 Å². The van der Waals surface area contributed by atoms with Crippen molar-refractivity contribution >= 4 is 21.7 Å². The van der Waals surface area contributed by atoms with Gasteiger partial charge in [-0.2, -0.15) is 0 Å². The van der Waals surface area contributed by atoms with Crippen LogP contribution in [0.25, 0.3) is 32.9 Å². The van der Waals surface area contributed by atoms with Gasteiger partial charge in [0.25, 0.3) is 0 Å². The number of hydrogen-bond donors (Lipinski definition) is 0. The van der Waals surface area contributed by atoms with E-state index in [4.69, 9.17) is 23.3 Å². The summed E-state index contributed by atoms with van der Waals surface area (Å²) in [6.45, 7) is 0. The molecule has 3 aromatic carbocycles. The first kappa shape index (κ1) is 4.73. The first-order valence-electron chi connectivity index (χ1n) is 16.9. The molecule has 2 bridgehead atoms. The van der Waals surface area contributed by atoms with Crippen LogP contribution in [0.5, 0.6) is 0 Å². The number of benzene rings is 3. The Balaban J connectivity index is 2.05. The molecule has 6 rings (SSSR count). The van der Waals surface area contributed by atoms with E-state index in [1.54, 1.807) is 0 Å². The molecule has 1 saturated carbocycles. The molecule has 1 aromatic heterocycles. The highest BCUT2D eigenvalue weighted by Gasteiger charge is 2.40. The molecule has 0 spiro atoms. The minimum Gasteiger partial charge on any atom is -0.247 e. The van der Waals surface area contributed by atoms with E-state index in [1.165, 1.54) is 0 Å². The summed E-state index contributed by atoms with van der Waals surface area (Å²) in [5.74, 6) is -6.72. The van der Waals surface area contributed by atoms with Crippen LogP contribution in [0, 0.1) is 0 Å². The maximum atomic E-state index is 9.32. The Labute approximate surface area is 174 Å². The lowest BCUT2D eigenvalue weighted by molar-refractivity contribution is 0.720. The van der Waals surface area contributed by atoms with Gasteiger partial charge in [0.05, 0.1) is 26.3 Å². The van der Waals surface area contributed by atoms with Gasteiger partial charge in [0, 0.05) is 27.3 Å². The quantitative estimate of drug-likeness (QED) is 0.364. The molecule has 2 aliphatic carbocycles. The van der Waals surface area contributed by atoms with Crippen LogP contribution in [0.3, 0.4) is 0 Å². The summed E-state index contributed by atoms with van der Waals surface area (Å²) < 4.78 is 163. The second-order valence-corrected chi connectivity index (χ2v) is 5.56. The van der Waals surface area contributed by atoms with E-state index < -0.39 is 141 Å². The number of fused-ring (bicyclic) bond motifs is 9. The fraction of sp³-hybridized carbons (Fsp3) is 0.208. The lowest BCUT2D eigenvalue weighted by Crippen LogP contribution is -2.04. The van der Waals surface area contributed by atoms with Crippen molar-refractivity contribution < 1.29 is 26.0 Å². The lowest BCUT2D eigenvalue weighted by atomic mass is 9.85. The van der Waals surface area contributed by atoms with E-state index in [0.717, 1.165) is 0 Å². The van der Waals surface area contributed by atoms with Crippen molar-refractivity contribution in [2.45, 2.75) is 30.9 Å². The van der Waals surface area contributed by atoms with Crippen LogP contribution in [0.2, 0.25) is 0 Å². The molecular formula is C24H19N. The average Bonchev–Trinajstić information content (AvgIpc) is 3.14. The van der Waals surface area contributed by atoms with E-state index in [2.05, 4.69) is 4.98 Å². The Kier molecular flexibility index (Phi) is 0.931. The van der Waals surface area contributed by atoms with Crippen LogP contribution in [-0.4, -0.2) is 4.98 Å². The third kappa shape index (κ3) is 1.81. The summed E-state index contributed by atoms with van der Waals surface area (Å²) in [6, 6.07) is -9.16. The summed E-state index contributed by atoms with van der Waals surface area (Å²) in [5.41, 5.74) is -3.82. The Hall–Kier alpha value is -2.67. The molecule has 1 heteroatoms. The third-order valence-electron chi connectivity index (χ3n) is 4.23. The molecular weight excluding hydrogens is 302 g/mol. The van der Waals surface area contributed by atoms with E-state index in [-0.39, 0.29) is 0 Å². The van der Waals surface area contributed by atoms with Crippen LogP contribution < -0.4 is 0 Å². The van der Waals surface area contributed by atoms with Crippen molar-refractivity contribution in [3.8, 4) is 11.3 Å². The van der Waals surface area contributed by atoms with E-state index >= 15 is 0 Å². The Morgan fingerprint density at radius 3 is 2.48 bits per heavy atom. The summed E-state index contributed by atoms with van der Waals surface area (Å²) in [7, 11) is 0. The molecule has 2 unspecified atom stereocenters. The highest BCUT2D eigenvalue weighted by atomic mass is 14.7. The van der Waals surface area contributed by atoms with Gasteiger partial charge in [-0.15, -0.1) is 0 Å². The van der Waals surface area contributed by atoms with Gasteiger partial charge in [0.2, 0.25) is 0 Å². The highest BCUT2D eigenvalue weighted by molar-refractivity contribution is 6.07. The van der Waals surface area contributed by atoms with Crippen molar-refractivity contribution in [2.24, 2.45) is 0 Å². The maximum absolute atomic E-state index is 9.32. The molecule has 1 fully saturated rings. The SMILES string of the molecule is [2H]c1c([2H])c([2H])c(-c2nc3c(c([2H])c([2H])c4c([2H])c([2H])c([2H])c([2H])c43)c3c2C2([2H])C([2H])([2H])C([2H])([2H])C3([2H])C2([2H])[2H])c([2H])c1[2H]. The fourth-order valence-corrected chi connectivity index (χ4v) is 3.20. The zero-order valence-corrected chi connectivity index (χ0v) is 12.4. The van der Waals surface area contributed by atoms with Crippen LogP contribution in [0.4, 0.5) is 0 Å². The second kappa shape index (κ2) is 4.92. The summed E-state index contributed by atoms with van der Waals surface area (Å²) in [4.78, 5) is 4.35. The van der Waals surface area contributed by atoms with Crippen LogP contribution in [-0.2, 0) is 0 Å². The molecule has 2 aliphatic rings. The molecule has 0 radical (unpaired) electrons. The van der Waals surface area contributed by atoms with Gasteiger partial charge in [-0.1, -0.05) is 66.5 Å². The molecule has 120 valence electrons. The standard InChI is InChI=1S/C24H19N/c1-2-7-16(8-3-1)23-22-18-11-10-17(14-18)21(22)20-13-12-15-6-4-5-9-19(15)24(20)25-23/h1-9,12-13,17-18H,10-11,14H2/i1D,2D,3D,4D,5D,6D,7D,8D,9D,10D2,11D2,12D,13D,14D2,17D,18D. The molecule has 0 saturated heterocycles. The van der Waals surface area contributed by atoms with Gasteiger partial charge >= 0.3 is 0 Å². The number of nitrogens with zero attached hydrogens (tertiary/aromatic N) is 1. The number of rotatable bonds is 1. The predicted molar refractivity (Wildman–Crippen MR) is 104 cm³/mol. The Morgan fingerprint density at radius 1 is 0.840 bits per heavy atom. The summed E-state index contributed by atoms with van der Waals surface area (Å²) >= 11 is 0. The fourth-order valence-electron chi connectivity index (χ4n) is 3.20. The zero-order chi connectivity index (χ0) is 33.2. The molecule has 1 nitrogen and oxygen atoms in total.